The van der Waals surface area contributed by atoms with Crippen LogP contribution in [-0.4, -0.2) is 22.8 Å². The maximum absolute atomic E-state index is 12.0. The molecule has 4 nitrogen and oxygen atoms in total. The number of aromatic nitrogens is 1. The molecule has 1 aliphatic carbocycles. The lowest BCUT2D eigenvalue weighted by Crippen LogP contribution is -2.30. The van der Waals surface area contributed by atoms with Crippen LogP contribution in [0.1, 0.15) is 36.0 Å². The summed E-state index contributed by atoms with van der Waals surface area (Å²) < 4.78 is 6.26. The van der Waals surface area contributed by atoms with Gasteiger partial charge in [-0.25, -0.2) is 9.78 Å². The first kappa shape index (κ1) is 12.3. The van der Waals surface area contributed by atoms with Crippen LogP contribution >= 0.6 is 11.3 Å². The van der Waals surface area contributed by atoms with Gasteiger partial charge >= 0.3 is 5.97 Å². The molecule has 0 N–H and O–H groups in total. The third-order valence-electron chi connectivity index (χ3n) is 3.31. The van der Waals surface area contributed by atoms with Gasteiger partial charge in [-0.2, -0.15) is 0 Å². The molecule has 0 spiro atoms. The van der Waals surface area contributed by atoms with E-state index in [-0.39, 0.29) is 5.78 Å². The van der Waals surface area contributed by atoms with Crippen molar-refractivity contribution >= 4 is 33.3 Å². The molecule has 98 valence electrons. The van der Waals surface area contributed by atoms with Gasteiger partial charge in [0.05, 0.1) is 21.3 Å². The zero-order chi connectivity index (χ0) is 13.2. The topological polar surface area (TPSA) is 56.3 Å². The average molecular weight is 275 g/mol. The van der Waals surface area contributed by atoms with Gasteiger partial charge in [0.1, 0.15) is 0 Å². The van der Waals surface area contributed by atoms with Gasteiger partial charge in [-0.3, -0.25) is 4.79 Å². The minimum Gasteiger partial charge on any atom is -0.451 e. The van der Waals surface area contributed by atoms with Crippen molar-refractivity contribution < 1.29 is 14.3 Å². The van der Waals surface area contributed by atoms with Crippen LogP contribution in [0.4, 0.5) is 0 Å². The van der Waals surface area contributed by atoms with E-state index in [1.807, 2.05) is 0 Å². The van der Waals surface area contributed by atoms with E-state index in [0.717, 1.165) is 23.1 Å². The summed E-state index contributed by atoms with van der Waals surface area (Å²) in [5.41, 5.74) is 3.09. The molecule has 1 aromatic heterocycles. The summed E-state index contributed by atoms with van der Waals surface area (Å²) in [6.07, 6.45) is 2.45. The second-order valence-corrected chi connectivity index (χ2v) is 5.53. The minimum atomic E-state index is -0.557. The molecule has 1 fully saturated rings. The average Bonchev–Trinajstić information content (AvgIpc) is 2.88. The van der Waals surface area contributed by atoms with Gasteiger partial charge in [-0.15, -0.1) is 11.3 Å². The molecule has 1 saturated carbocycles. The van der Waals surface area contributed by atoms with E-state index in [2.05, 4.69) is 4.98 Å². The number of hydrogen-bond acceptors (Lipinski definition) is 5. The predicted octanol–water partition coefficient (Wildman–Crippen LogP) is 2.96. The molecule has 19 heavy (non-hydrogen) atoms. The predicted molar refractivity (Wildman–Crippen MR) is 72.3 cm³/mol. The fourth-order valence-electron chi connectivity index (χ4n) is 2.25. The summed E-state index contributed by atoms with van der Waals surface area (Å²) >= 11 is 1.48. The molecule has 0 saturated heterocycles. The summed E-state index contributed by atoms with van der Waals surface area (Å²) in [6.45, 7) is 0. The zero-order valence-corrected chi connectivity index (χ0v) is 11.1. The molecule has 1 aliphatic rings. The van der Waals surface area contributed by atoms with E-state index in [1.165, 1.54) is 11.3 Å². The van der Waals surface area contributed by atoms with Gasteiger partial charge in [0.2, 0.25) is 0 Å². The third-order valence-corrected chi connectivity index (χ3v) is 4.11. The van der Waals surface area contributed by atoms with Crippen molar-refractivity contribution in [3.63, 3.8) is 0 Å². The van der Waals surface area contributed by atoms with Crippen molar-refractivity contribution in [1.29, 1.82) is 0 Å². The second kappa shape index (κ2) is 5.09. The van der Waals surface area contributed by atoms with Crippen molar-refractivity contribution in [2.24, 2.45) is 0 Å². The van der Waals surface area contributed by atoms with Crippen molar-refractivity contribution in [3.8, 4) is 0 Å². The molecule has 5 heteroatoms. The molecular weight excluding hydrogens is 262 g/mol. The molecular formula is C14H13NO3S. The van der Waals surface area contributed by atoms with E-state index in [4.69, 9.17) is 4.74 Å². The number of benzene rings is 1. The lowest BCUT2D eigenvalue weighted by Gasteiger charge is -2.20. The molecule has 0 aliphatic heterocycles. The fraction of sp³-hybridized carbons (Fsp3) is 0.357. The van der Waals surface area contributed by atoms with Crippen LogP contribution in [0.2, 0.25) is 0 Å². The van der Waals surface area contributed by atoms with E-state index >= 15 is 0 Å². The Labute approximate surface area is 114 Å². The highest BCUT2D eigenvalue weighted by molar-refractivity contribution is 7.16. The zero-order valence-electron chi connectivity index (χ0n) is 10.3. The molecule has 1 aromatic carbocycles. The number of thiazole rings is 1. The maximum Gasteiger partial charge on any atom is 0.338 e. The third kappa shape index (κ3) is 2.51. The summed E-state index contributed by atoms with van der Waals surface area (Å²) in [5.74, 6) is -0.381. The van der Waals surface area contributed by atoms with Crippen LogP contribution in [0.25, 0.3) is 10.2 Å². The number of Topliss-reactive ketones (excluding diaryl/α,β-unsaturated/α-hetero) is 1. The first-order valence-electron chi connectivity index (χ1n) is 6.31. The number of hydrogen-bond donors (Lipinski definition) is 0. The minimum absolute atomic E-state index is 0.0402. The molecule has 3 rings (SSSR count). The Morgan fingerprint density at radius 3 is 3.11 bits per heavy atom. The normalized spacial score (nSPS) is 19.6. The van der Waals surface area contributed by atoms with Crippen LogP contribution in [-0.2, 0) is 9.53 Å². The van der Waals surface area contributed by atoms with Crippen molar-refractivity contribution in [2.75, 3.05) is 0 Å². The number of nitrogens with zero attached hydrogens (tertiary/aromatic N) is 1. The van der Waals surface area contributed by atoms with Gasteiger partial charge in [0.15, 0.2) is 11.9 Å². The quantitative estimate of drug-likeness (QED) is 0.791. The maximum atomic E-state index is 12.0. The molecule has 2 aromatic rings. The van der Waals surface area contributed by atoms with E-state index in [0.29, 0.717) is 18.4 Å². The highest BCUT2D eigenvalue weighted by atomic mass is 32.1. The fourth-order valence-corrected chi connectivity index (χ4v) is 2.97. The number of ketones is 1. The van der Waals surface area contributed by atoms with Crippen LogP contribution in [0.3, 0.4) is 0 Å². The number of esters is 1. The number of ether oxygens (including phenoxy) is 1. The standard InChI is InChI=1S/C14H13NO3S/c16-11-3-1-2-4-12(11)18-14(17)9-5-6-10-13(7-9)19-8-15-10/h5-8,12H,1-4H2/t12-/m0/s1. The van der Waals surface area contributed by atoms with Crippen molar-refractivity contribution in [3.05, 3.63) is 29.3 Å². The van der Waals surface area contributed by atoms with Crippen LogP contribution < -0.4 is 0 Å². The Balaban J connectivity index is 1.77. The Kier molecular flexibility index (Phi) is 3.29. The lowest BCUT2D eigenvalue weighted by molar-refractivity contribution is -0.129. The van der Waals surface area contributed by atoms with Gasteiger partial charge in [-0.05, 0) is 37.5 Å². The number of carbonyl (C=O) groups is 2. The molecule has 0 unspecified atom stereocenters. The first-order chi connectivity index (χ1) is 9.24. The Hall–Kier alpha value is -1.75. The van der Waals surface area contributed by atoms with Crippen LogP contribution in [0.5, 0.6) is 0 Å². The highest BCUT2D eigenvalue weighted by Crippen LogP contribution is 2.22. The van der Waals surface area contributed by atoms with Crippen molar-refractivity contribution in [1.82, 2.24) is 4.98 Å². The van der Waals surface area contributed by atoms with Crippen LogP contribution in [0, 0.1) is 0 Å². The van der Waals surface area contributed by atoms with Gasteiger partial charge in [0.25, 0.3) is 0 Å². The van der Waals surface area contributed by atoms with E-state index in [1.54, 1.807) is 23.7 Å². The number of fused-ring (bicyclic) bond motifs is 1. The lowest BCUT2D eigenvalue weighted by atomic mass is 9.96. The van der Waals surface area contributed by atoms with Gasteiger partial charge < -0.3 is 4.74 Å². The second-order valence-electron chi connectivity index (χ2n) is 4.64. The van der Waals surface area contributed by atoms with Crippen molar-refractivity contribution in [2.45, 2.75) is 31.8 Å². The highest BCUT2D eigenvalue weighted by Gasteiger charge is 2.26. The van der Waals surface area contributed by atoms with Crippen LogP contribution in [0.15, 0.2) is 23.7 Å². The Bertz CT molecular complexity index is 634. The summed E-state index contributed by atoms with van der Waals surface area (Å²) in [4.78, 5) is 27.8. The summed E-state index contributed by atoms with van der Waals surface area (Å²) in [5, 5.41) is 0. The first-order valence-corrected chi connectivity index (χ1v) is 7.19. The molecule has 0 bridgehead atoms. The molecule has 0 radical (unpaired) electrons. The number of carbonyl (C=O) groups excluding carboxylic acids is 2. The van der Waals surface area contributed by atoms with Gasteiger partial charge in [0, 0.05) is 6.42 Å². The molecule has 1 heterocycles. The monoisotopic (exact) mass is 275 g/mol. The Morgan fingerprint density at radius 2 is 2.26 bits per heavy atom. The SMILES string of the molecule is O=C(O[C@H]1CCCCC1=O)c1ccc2ncsc2c1. The summed E-state index contributed by atoms with van der Waals surface area (Å²) in [6, 6.07) is 5.26. The number of rotatable bonds is 2. The largest absolute Gasteiger partial charge is 0.451 e. The Morgan fingerprint density at radius 1 is 1.37 bits per heavy atom. The molecule has 0 amide bonds. The van der Waals surface area contributed by atoms with E-state index in [9.17, 15) is 9.59 Å². The van der Waals surface area contributed by atoms with Gasteiger partial charge in [-0.1, -0.05) is 0 Å². The molecule has 1 atom stereocenters. The van der Waals surface area contributed by atoms with E-state index < -0.39 is 12.1 Å². The summed E-state index contributed by atoms with van der Waals surface area (Å²) in [7, 11) is 0. The smallest absolute Gasteiger partial charge is 0.338 e.